The summed E-state index contributed by atoms with van der Waals surface area (Å²) in [5.74, 6) is 0.724. The lowest BCUT2D eigenvalue weighted by molar-refractivity contribution is -0.149. The van der Waals surface area contributed by atoms with Crippen molar-refractivity contribution in [3.63, 3.8) is 0 Å². The largest absolute Gasteiger partial charge is 0.353 e. The van der Waals surface area contributed by atoms with E-state index in [1.165, 1.54) is 6.42 Å². The molecule has 0 radical (unpaired) electrons. The van der Waals surface area contributed by atoms with Gasteiger partial charge in [0.1, 0.15) is 11.2 Å². The van der Waals surface area contributed by atoms with Crippen LogP contribution in [0.5, 0.6) is 0 Å². The third-order valence-electron chi connectivity index (χ3n) is 5.58. The van der Waals surface area contributed by atoms with E-state index in [1.54, 1.807) is 20.0 Å². The number of hydrogen-bond donors (Lipinski definition) is 1. The van der Waals surface area contributed by atoms with Crippen LogP contribution in [0.4, 0.5) is 5.82 Å². The smallest absolute Gasteiger partial charge is 0.237 e. The molecule has 3 rings (SSSR count). The van der Waals surface area contributed by atoms with Gasteiger partial charge in [0.2, 0.25) is 11.8 Å². The van der Waals surface area contributed by atoms with E-state index in [-0.39, 0.29) is 17.9 Å². The fourth-order valence-corrected chi connectivity index (χ4v) is 3.78. The van der Waals surface area contributed by atoms with Crippen LogP contribution in [0, 0.1) is 5.41 Å². The minimum absolute atomic E-state index is 0.0773. The van der Waals surface area contributed by atoms with Gasteiger partial charge in [-0.25, -0.2) is 4.98 Å². The third-order valence-corrected chi connectivity index (χ3v) is 5.58. The lowest BCUT2D eigenvalue weighted by Crippen LogP contribution is -2.56. The predicted octanol–water partition coefficient (Wildman–Crippen LogP) is 2.21. The Balaban J connectivity index is 1.55. The minimum atomic E-state index is -1.02. The molecular weight excluding hydrogens is 328 g/mol. The second kappa shape index (κ2) is 8.06. The van der Waals surface area contributed by atoms with Gasteiger partial charge in [-0.3, -0.25) is 9.59 Å². The number of hydrogen-bond acceptors (Lipinski definition) is 4. The van der Waals surface area contributed by atoms with Crippen molar-refractivity contribution >= 4 is 17.6 Å². The van der Waals surface area contributed by atoms with Gasteiger partial charge in [-0.1, -0.05) is 25.3 Å². The summed E-state index contributed by atoms with van der Waals surface area (Å²) < 4.78 is 0. The zero-order valence-electron chi connectivity index (χ0n) is 15.9. The molecule has 6 heteroatoms. The fourth-order valence-electron chi connectivity index (χ4n) is 3.78. The number of amides is 2. The van der Waals surface area contributed by atoms with Gasteiger partial charge in [-0.2, -0.15) is 0 Å². The Bertz CT molecular complexity index is 618. The molecule has 0 spiro atoms. The topological polar surface area (TPSA) is 65.5 Å². The summed E-state index contributed by atoms with van der Waals surface area (Å²) in [5.41, 5.74) is -1.02. The maximum atomic E-state index is 13.0. The van der Waals surface area contributed by atoms with Crippen LogP contribution < -0.4 is 10.2 Å². The molecule has 0 unspecified atom stereocenters. The standard InChI is InChI=1S/C20H30N4O2/c1-20(2,18(25)22-16-8-4-3-5-9-16)19(26)24-14-12-23(13-15-24)17-10-6-7-11-21-17/h6-7,10-11,16H,3-5,8-9,12-15H2,1-2H3,(H,22,25). The first-order chi connectivity index (χ1) is 12.5. The highest BCUT2D eigenvalue weighted by molar-refractivity contribution is 6.04. The van der Waals surface area contributed by atoms with E-state index in [2.05, 4.69) is 15.2 Å². The number of piperazine rings is 1. The molecule has 26 heavy (non-hydrogen) atoms. The number of carbonyl (C=O) groups is 2. The predicted molar refractivity (Wildman–Crippen MR) is 102 cm³/mol. The van der Waals surface area contributed by atoms with Gasteiger partial charge in [-0.15, -0.1) is 0 Å². The molecule has 142 valence electrons. The summed E-state index contributed by atoms with van der Waals surface area (Å²) in [5, 5.41) is 3.11. The van der Waals surface area contributed by atoms with Crippen molar-refractivity contribution in [2.24, 2.45) is 5.41 Å². The molecule has 1 saturated heterocycles. The van der Waals surface area contributed by atoms with Crippen LogP contribution >= 0.6 is 0 Å². The second-order valence-electron chi connectivity index (χ2n) is 7.90. The molecule has 1 aromatic rings. The van der Waals surface area contributed by atoms with Crippen molar-refractivity contribution in [2.75, 3.05) is 31.1 Å². The van der Waals surface area contributed by atoms with Crippen molar-refractivity contribution in [1.82, 2.24) is 15.2 Å². The third kappa shape index (κ3) is 4.17. The lowest BCUT2D eigenvalue weighted by atomic mass is 9.88. The van der Waals surface area contributed by atoms with Crippen LogP contribution in [-0.2, 0) is 9.59 Å². The van der Waals surface area contributed by atoms with E-state index in [0.717, 1.165) is 44.6 Å². The van der Waals surface area contributed by atoms with Crippen molar-refractivity contribution in [3.05, 3.63) is 24.4 Å². The Kier molecular flexibility index (Phi) is 5.79. The summed E-state index contributed by atoms with van der Waals surface area (Å²) in [6.07, 6.45) is 7.40. The van der Waals surface area contributed by atoms with Crippen LogP contribution in [0.25, 0.3) is 0 Å². The Morgan fingerprint density at radius 1 is 1.08 bits per heavy atom. The number of rotatable bonds is 4. The number of anilines is 1. The quantitative estimate of drug-likeness (QED) is 0.838. The molecule has 1 N–H and O–H groups in total. The van der Waals surface area contributed by atoms with Crippen molar-refractivity contribution < 1.29 is 9.59 Å². The first-order valence-corrected chi connectivity index (χ1v) is 9.75. The van der Waals surface area contributed by atoms with Crippen LogP contribution in [0.1, 0.15) is 46.0 Å². The highest BCUT2D eigenvalue weighted by Gasteiger charge is 2.40. The number of carbonyl (C=O) groups excluding carboxylic acids is 2. The van der Waals surface area contributed by atoms with Crippen LogP contribution in [-0.4, -0.2) is 53.9 Å². The second-order valence-corrected chi connectivity index (χ2v) is 7.90. The molecule has 6 nitrogen and oxygen atoms in total. The van der Waals surface area contributed by atoms with Gasteiger partial charge in [-0.05, 0) is 38.8 Å². The Morgan fingerprint density at radius 3 is 2.38 bits per heavy atom. The summed E-state index contributed by atoms with van der Waals surface area (Å²) in [6.45, 7) is 6.22. The molecule has 0 atom stereocenters. The summed E-state index contributed by atoms with van der Waals surface area (Å²) in [7, 11) is 0. The van der Waals surface area contributed by atoms with Gasteiger partial charge < -0.3 is 15.1 Å². The highest BCUT2D eigenvalue weighted by Crippen LogP contribution is 2.24. The average molecular weight is 358 g/mol. The zero-order chi connectivity index (χ0) is 18.6. The Labute approximate surface area is 156 Å². The monoisotopic (exact) mass is 358 g/mol. The molecule has 0 bridgehead atoms. The van der Waals surface area contributed by atoms with E-state index in [4.69, 9.17) is 0 Å². The first-order valence-electron chi connectivity index (χ1n) is 9.75. The molecule has 1 aromatic heterocycles. The van der Waals surface area contributed by atoms with Crippen LogP contribution in [0.2, 0.25) is 0 Å². The Morgan fingerprint density at radius 2 is 1.77 bits per heavy atom. The Hall–Kier alpha value is -2.11. The zero-order valence-corrected chi connectivity index (χ0v) is 15.9. The average Bonchev–Trinajstić information content (AvgIpc) is 2.69. The molecule has 2 amide bonds. The molecule has 1 saturated carbocycles. The van der Waals surface area contributed by atoms with Gasteiger partial charge >= 0.3 is 0 Å². The van der Waals surface area contributed by atoms with Crippen LogP contribution in [0.3, 0.4) is 0 Å². The van der Waals surface area contributed by atoms with Crippen LogP contribution in [0.15, 0.2) is 24.4 Å². The fraction of sp³-hybridized carbons (Fsp3) is 0.650. The molecule has 0 aromatic carbocycles. The number of aromatic nitrogens is 1. The maximum Gasteiger partial charge on any atom is 0.237 e. The van der Waals surface area contributed by atoms with Crippen molar-refractivity contribution in [3.8, 4) is 0 Å². The summed E-state index contributed by atoms with van der Waals surface area (Å²) in [4.78, 5) is 34.1. The SMILES string of the molecule is CC(C)(C(=O)NC1CCCCC1)C(=O)N1CCN(c2ccccn2)CC1. The first kappa shape index (κ1) is 18.7. The number of nitrogens with one attached hydrogen (secondary N) is 1. The minimum Gasteiger partial charge on any atom is -0.353 e. The van der Waals surface area contributed by atoms with Gasteiger partial charge in [0, 0.05) is 38.4 Å². The van der Waals surface area contributed by atoms with E-state index in [1.807, 2.05) is 23.1 Å². The maximum absolute atomic E-state index is 13.0. The number of nitrogens with zero attached hydrogens (tertiary/aromatic N) is 3. The normalized spacial score (nSPS) is 19.3. The van der Waals surface area contributed by atoms with E-state index in [9.17, 15) is 9.59 Å². The molecule has 1 aliphatic heterocycles. The van der Waals surface area contributed by atoms with Gasteiger partial charge in [0.05, 0.1) is 0 Å². The molecule has 1 aliphatic carbocycles. The van der Waals surface area contributed by atoms with Crippen molar-refractivity contribution in [1.29, 1.82) is 0 Å². The van der Waals surface area contributed by atoms with Crippen molar-refractivity contribution in [2.45, 2.75) is 52.0 Å². The van der Waals surface area contributed by atoms with Gasteiger partial charge in [0.25, 0.3) is 0 Å². The lowest BCUT2D eigenvalue weighted by Gasteiger charge is -2.39. The molecule has 2 heterocycles. The van der Waals surface area contributed by atoms with E-state index >= 15 is 0 Å². The highest BCUT2D eigenvalue weighted by atomic mass is 16.2. The summed E-state index contributed by atoms with van der Waals surface area (Å²) >= 11 is 0. The molecule has 2 aliphatic rings. The molecule has 2 fully saturated rings. The van der Waals surface area contributed by atoms with Gasteiger partial charge in [0.15, 0.2) is 0 Å². The van der Waals surface area contributed by atoms with E-state index in [0.29, 0.717) is 13.1 Å². The van der Waals surface area contributed by atoms with E-state index < -0.39 is 5.41 Å². The molecular formula is C20H30N4O2. The summed E-state index contributed by atoms with van der Waals surface area (Å²) in [6, 6.07) is 6.08. The number of pyridine rings is 1.